The zero-order chi connectivity index (χ0) is 37.7. The molecule has 0 amide bonds. The molecule has 1 heterocycles. The fraction of sp³-hybridized carbons (Fsp3) is 0.895. The zero-order valence-corrected chi connectivity index (χ0v) is 32.3. The number of ether oxygens (including phenoxy) is 4. The van der Waals surface area contributed by atoms with E-state index < -0.39 is 71.2 Å². The first kappa shape index (κ1) is 47.4. The highest BCUT2D eigenvalue weighted by Crippen LogP contribution is 2.24. The molecule has 0 aromatic carbocycles. The van der Waals surface area contributed by atoms with Gasteiger partial charge in [-0.05, 0) is 38.5 Å². The van der Waals surface area contributed by atoms with Crippen LogP contribution in [-0.2, 0) is 38.7 Å². The van der Waals surface area contributed by atoms with Crippen LogP contribution in [0.15, 0.2) is 12.2 Å². The normalized spacial score (nSPS) is 21.6. The van der Waals surface area contributed by atoms with Crippen molar-refractivity contribution in [3.63, 3.8) is 0 Å². The number of unbranched alkanes of at least 4 members (excludes halogenated alkanes) is 18. The Morgan fingerprint density at radius 2 is 1.12 bits per heavy atom. The number of allylic oxidation sites excluding steroid dienone is 2. The van der Waals surface area contributed by atoms with Crippen molar-refractivity contribution < 1.29 is 56.8 Å². The molecule has 0 spiro atoms. The van der Waals surface area contributed by atoms with Gasteiger partial charge < -0.3 is 34.3 Å². The van der Waals surface area contributed by atoms with E-state index in [4.69, 9.17) is 18.9 Å². The Morgan fingerprint density at radius 1 is 0.647 bits per heavy atom. The molecule has 4 N–H and O–H groups in total. The molecule has 1 rings (SSSR count). The summed E-state index contributed by atoms with van der Waals surface area (Å²) in [6, 6.07) is 0. The molecule has 0 aromatic rings. The third kappa shape index (κ3) is 25.1. The number of hydrogen-bond acceptors (Lipinski definition) is 11. The number of carbonyl (C=O) groups excluding carboxylic acids is 2. The highest BCUT2D eigenvalue weighted by atomic mass is 32.2. The summed E-state index contributed by atoms with van der Waals surface area (Å²) >= 11 is 0. The third-order valence-corrected chi connectivity index (χ3v) is 9.85. The van der Waals surface area contributed by atoms with E-state index in [1.807, 2.05) is 0 Å². The quantitative estimate of drug-likeness (QED) is 0.0247. The Balaban J connectivity index is 2.47. The molecule has 6 atom stereocenters. The van der Waals surface area contributed by atoms with Gasteiger partial charge in [0.05, 0.1) is 6.61 Å². The van der Waals surface area contributed by atoms with E-state index in [0.717, 1.165) is 44.9 Å². The van der Waals surface area contributed by atoms with Gasteiger partial charge in [-0.3, -0.25) is 14.1 Å². The van der Waals surface area contributed by atoms with Crippen LogP contribution in [0.5, 0.6) is 0 Å². The van der Waals surface area contributed by atoms with Crippen LogP contribution >= 0.6 is 0 Å². The van der Waals surface area contributed by atoms with E-state index in [1.165, 1.54) is 77.0 Å². The minimum absolute atomic E-state index is 0.166. The van der Waals surface area contributed by atoms with Crippen LogP contribution in [0, 0.1) is 0 Å². The molecule has 13 heteroatoms. The second-order valence-corrected chi connectivity index (χ2v) is 15.4. The molecular weight excluding hydrogens is 680 g/mol. The molecule has 1 saturated heterocycles. The lowest BCUT2D eigenvalue weighted by Crippen LogP contribution is -2.60. The van der Waals surface area contributed by atoms with Crippen LogP contribution in [0.25, 0.3) is 0 Å². The van der Waals surface area contributed by atoms with E-state index >= 15 is 0 Å². The summed E-state index contributed by atoms with van der Waals surface area (Å²) in [5.41, 5.74) is 0. The molecule has 0 bridgehead atoms. The average molecular weight is 751 g/mol. The molecule has 0 saturated carbocycles. The summed E-state index contributed by atoms with van der Waals surface area (Å²) in [6.07, 6.45) is 18.6. The van der Waals surface area contributed by atoms with Gasteiger partial charge in [0.1, 0.15) is 36.8 Å². The van der Waals surface area contributed by atoms with E-state index in [-0.39, 0.29) is 19.4 Å². The molecule has 1 fully saturated rings. The van der Waals surface area contributed by atoms with E-state index in [0.29, 0.717) is 12.8 Å². The molecule has 51 heavy (non-hydrogen) atoms. The fourth-order valence-electron chi connectivity index (χ4n) is 5.96. The minimum atomic E-state index is -4.59. The van der Waals surface area contributed by atoms with Gasteiger partial charge in [-0.1, -0.05) is 122 Å². The fourth-order valence-corrected chi connectivity index (χ4v) is 6.65. The third-order valence-electron chi connectivity index (χ3n) is 9.10. The summed E-state index contributed by atoms with van der Waals surface area (Å²) in [5, 5.41) is 30.7. The van der Waals surface area contributed by atoms with E-state index in [2.05, 4.69) is 26.0 Å². The lowest BCUT2D eigenvalue weighted by Gasteiger charge is -2.40. The van der Waals surface area contributed by atoms with Crippen LogP contribution in [0.1, 0.15) is 162 Å². The summed E-state index contributed by atoms with van der Waals surface area (Å²) in [5.74, 6) is -1.99. The highest BCUT2D eigenvalue weighted by Gasteiger charge is 2.46. The largest absolute Gasteiger partial charge is 0.462 e. The van der Waals surface area contributed by atoms with Gasteiger partial charge in [-0.25, -0.2) is 0 Å². The summed E-state index contributed by atoms with van der Waals surface area (Å²) in [6.45, 7) is 3.68. The van der Waals surface area contributed by atoms with Crippen LogP contribution in [0.4, 0.5) is 0 Å². The van der Waals surface area contributed by atoms with Crippen molar-refractivity contribution in [3.05, 3.63) is 12.2 Å². The number of aliphatic hydroxyl groups is 3. The van der Waals surface area contributed by atoms with Crippen molar-refractivity contribution in [2.75, 3.05) is 19.0 Å². The van der Waals surface area contributed by atoms with E-state index in [1.54, 1.807) is 0 Å². The maximum absolute atomic E-state index is 12.7. The van der Waals surface area contributed by atoms with Gasteiger partial charge in [-0.15, -0.1) is 0 Å². The Morgan fingerprint density at radius 3 is 1.65 bits per heavy atom. The number of hydrogen-bond donors (Lipinski definition) is 4. The molecule has 1 aliphatic heterocycles. The van der Waals surface area contributed by atoms with Crippen LogP contribution < -0.4 is 0 Å². The Bertz CT molecular complexity index is 1020. The summed E-state index contributed by atoms with van der Waals surface area (Å²) in [4.78, 5) is 25.2. The van der Waals surface area contributed by atoms with Crippen molar-refractivity contribution in [2.45, 2.75) is 198 Å². The number of carbonyl (C=O) groups is 2. The number of rotatable bonds is 32. The molecule has 1 aliphatic rings. The molecule has 0 aromatic heterocycles. The standard InChI is InChI=1S/C38H70O12S/c1-3-5-7-9-11-13-14-15-16-17-18-19-21-22-24-26-33(39)47-28-31(49-34(40)27-25-23-20-12-10-8-6-4-2)29-48-38-37(43)36(42)35(41)32(50-38)30-51(44,45)46/h13-14,31-32,35-38,41-43H,3-12,15-30H2,1-2H3,(H,44,45,46)/b14-13+/t31-,32-,35-,36?,37?,38+/m1/s1. The monoisotopic (exact) mass is 750 g/mol. The Labute approximate surface area is 307 Å². The van der Waals surface area contributed by atoms with Gasteiger partial charge in [0, 0.05) is 12.8 Å². The maximum atomic E-state index is 12.7. The summed E-state index contributed by atoms with van der Waals surface area (Å²) < 4.78 is 53.7. The highest BCUT2D eigenvalue weighted by molar-refractivity contribution is 7.85. The van der Waals surface area contributed by atoms with Crippen LogP contribution in [0.3, 0.4) is 0 Å². The minimum Gasteiger partial charge on any atom is -0.462 e. The molecule has 12 nitrogen and oxygen atoms in total. The molecule has 0 radical (unpaired) electrons. The molecular formula is C38H70O12S. The van der Waals surface area contributed by atoms with Crippen molar-refractivity contribution in [3.8, 4) is 0 Å². The van der Waals surface area contributed by atoms with Crippen molar-refractivity contribution in [1.29, 1.82) is 0 Å². The predicted octanol–water partition coefficient (Wildman–Crippen LogP) is 6.72. The van der Waals surface area contributed by atoms with Gasteiger partial charge in [0.2, 0.25) is 0 Å². The second-order valence-electron chi connectivity index (χ2n) is 14.0. The van der Waals surface area contributed by atoms with Gasteiger partial charge in [-0.2, -0.15) is 8.42 Å². The Hall–Kier alpha value is -1.61. The zero-order valence-electron chi connectivity index (χ0n) is 31.5. The SMILES string of the molecule is CCCCCC/C=C/CCCCCCCCCC(=O)OC[C@H](CO[C@H]1O[C@H](CS(=O)(=O)O)[C@@H](O)C(O)C1O)OC(=O)CCCCCCCCCC. The first-order valence-electron chi connectivity index (χ1n) is 19.7. The molecule has 0 aliphatic carbocycles. The van der Waals surface area contributed by atoms with Gasteiger partial charge in [0.15, 0.2) is 12.4 Å². The van der Waals surface area contributed by atoms with Gasteiger partial charge in [0.25, 0.3) is 10.1 Å². The molecule has 300 valence electrons. The lowest BCUT2D eigenvalue weighted by molar-refractivity contribution is -0.297. The number of esters is 2. The molecule has 2 unspecified atom stereocenters. The topological polar surface area (TPSA) is 186 Å². The first-order chi connectivity index (χ1) is 24.5. The van der Waals surface area contributed by atoms with Crippen molar-refractivity contribution in [1.82, 2.24) is 0 Å². The summed E-state index contributed by atoms with van der Waals surface area (Å²) in [7, 11) is -4.59. The van der Waals surface area contributed by atoms with Crippen LogP contribution in [-0.4, -0.2) is 96.0 Å². The predicted molar refractivity (Wildman–Crippen MR) is 197 cm³/mol. The maximum Gasteiger partial charge on any atom is 0.306 e. The lowest BCUT2D eigenvalue weighted by atomic mass is 10.00. The smallest absolute Gasteiger partial charge is 0.306 e. The van der Waals surface area contributed by atoms with Crippen molar-refractivity contribution >= 4 is 22.1 Å². The van der Waals surface area contributed by atoms with E-state index in [9.17, 15) is 37.9 Å². The van der Waals surface area contributed by atoms with Crippen LogP contribution in [0.2, 0.25) is 0 Å². The number of aliphatic hydroxyl groups excluding tert-OH is 3. The van der Waals surface area contributed by atoms with Gasteiger partial charge >= 0.3 is 11.9 Å². The average Bonchev–Trinajstić information content (AvgIpc) is 3.09. The van der Waals surface area contributed by atoms with Crippen molar-refractivity contribution in [2.24, 2.45) is 0 Å². The Kier molecular flexibility index (Phi) is 27.7. The second kappa shape index (κ2) is 29.8. The first-order valence-corrected chi connectivity index (χ1v) is 21.4.